The van der Waals surface area contributed by atoms with Crippen LogP contribution in [0.4, 0.5) is 19.0 Å². The summed E-state index contributed by atoms with van der Waals surface area (Å²) in [5.41, 5.74) is 3.13. The largest absolute Gasteiger partial charge is 0.461 e. The summed E-state index contributed by atoms with van der Waals surface area (Å²) in [6.45, 7) is 6.30. The van der Waals surface area contributed by atoms with Crippen LogP contribution in [-0.2, 0) is 6.18 Å². The summed E-state index contributed by atoms with van der Waals surface area (Å²) >= 11 is 0. The lowest BCUT2D eigenvalue weighted by atomic mass is 10.1. The monoisotopic (exact) mass is 437 g/mol. The van der Waals surface area contributed by atoms with Gasteiger partial charge in [-0.2, -0.15) is 23.4 Å². The lowest BCUT2D eigenvalue weighted by Crippen LogP contribution is -2.43. The average Bonchev–Trinajstić information content (AvgIpc) is 3.27. The first-order valence-corrected chi connectivity index (χ1v) is 9.57. The molecule has 1 aliphatic rings. The number of hydrogen-bond acceptors (Lipinski definition) is 8. The van der Waals surface area contributed by atoms with Gasteiger partial charge in [0.2, 0.25) is 0 Å². The Balaban J connectivity index is 1.71. The molecule has 0 bridgehead atoms. The number of rotatable bonds is 7. The molecule has 1 N–H and O–H groups in total. The lowest BCUT2D eigenvalue weighted by molar-refractivity contribution is -0.138. The van der Waals surface area contributed by atoms with Crippen molar-refractivity contribution in [2.24, 2.45) is 5.10 Å². The van der Waals surface area contributed by atoms with Crippen molar-refractivity contribution in [2.45, 2.75) is 33.0 Å². The molecular weight excluding hydrogens is 415 g/mol. The number of carbonyl (C=O) groups is 1. The van der Waals surface area contributed by atoms with Crippen molar-refractivity contribution < 1.29 is 22.7 Å². The molecule has 166 valence electrons. The number of carbonyl (C=O) groups excluding carboxylic acids is 1. The van der Waals surface area contributed by atoms with Crippen LogP contribution >= 0.6 is 0 Å². The van der Waals surface area contributed by atoms with Crippen LogP contribution in [-0.4, -0.2) is 57.7 Å². The molecule has 12 heteroatoms. The zero-order chi connectivity index (χ0) is 22.6. The number of pyridine rings is 1. The molecule has 0 radical (unpaired) electrons. The highest BCUT2D eigenvalue weighted by molar-refractivity contribution is 5.99. The molecule has 1 atom stereocenters. The summed E-state index contributed by atoms with van der Waals surface area (Å²) in [7, 11) is 0. The zero-order valence-electron chi connectivity index (χ0n) is 17.2. The van der Waals surface area contributed by atoms with Crippen molar-refractivity contribution in [1.29, 1.82) is 0 Å². The van der Waals surface area contributed by atoms with Crippen LogP contribution in [0.15, 0.2) is 29.6 Å². The normalized spacial score (nSPS) is 14.6. The number of likely N-dealkylation sites (N-methyl/N-ethyl adjacent to an activating group) is 1. The van der Waals surface area contributed by atoms with Crippen LogP contribution in [0, 0.1) is 6.92 Å². The number of anilines is 1. The van der Waals surface area contributed by atoms with Gasteiger partial charge in [-0.25, -0.2) is 20.4 Å². The topological polar surface area (TPSA) is 95.8 Å². The molecule has 1 amide bonds. The first-order valence-electron chi connectivity index (χ1n) is 9.57. The number of aromatic nitrogens is 3. The van der Waals surface area contributed by atoms with E-state index in [2.05, 4.69) is 25.5 Å². The molecule has 0 spiro atoms. The van der Waals surface area contributed by atoms with E-state index in [4.69, 9.17) is 4.74 Å². The molecule has 0 aromatic carbocycles. The Morgan fingerprint density at radius 3 is 2.61 bits per heavy atom. The quantitative estimate of drug-likeness (QED) is 0.711. The molecule has 0 fully saturated rings. The molecular formula is C19H22F3N7O2. The number of hydrazine groups is 1. The molecule has 3 heterocycles. The van der Waals surface area contributed by atoms with E-state index in [0.717, 1.165) is 5.69 Å². The minimum absolute atomic E-state index is 0.000313. The highest BCUT2D eigenvalue weighted by Gasteiger charge is 2.31. The van der Waals surface area contributed by atoms with E-state index in [1.807, 2.05) is 13.8 Å². The fourth-order valence-electron chi connectivity index (χ4n) is 2.92. The van der Waals surface area contributed by atoms with Gasteiger partial charge in [0.15, 0.2) is 5.82 Å². The molecule has 2 aromatic heterocycles. The summed E-state index contributed by atoms with van der Waals surface area (Å²) < 4.78 is 43.3. The third kappa shape index (κ3) is 5.26. The second-order valence-corrected chi connectivity index (χ2v) is 6.80. The van der Waals surface area contributed by atoms with Crippen molar-refractivity contribution in [3.63, 3.8) is 0 Å². The first kappa shape index (κ1) is 22.4. The van der Waals surface area contributed by atoms with E-state index in [0.29, 0.717) is 36.9 Å². The number of alkyl halides is 3. The first-order chi connectivity index (χ1) is 14.7. The maximum atomic E-state index is 13.2. The molecule has 0 unspecified atom stereocenters. The number of aryl methyl sites for hydroxylation is 1. The Bertz CT molecular complexity index is 951. The van der Waals surface area contributed by atoms with Gasteiger partial charge in [0, 0.05) is 30.8 Å². The standard InChI is InChI=1S/C19H22F3N7O2/c1-4-28(13(3)11-31-18-23-9-14(10-24-18)19(20,21)22)17(30)15-6-5-12(2)27-16(15)29-25-7-8-26-29/h5-7,9-10,13,26H,4,8,11H2,1-3H3/t13-/m0/s1. The van der Waals surface area contributed by atoms with Crippen molar-refractivity contribution in [3.05, 3.63) is 41.3 Å². The lowest BCUT2D eigenvalue weighted by Gasteiger charge is -2.29. The molecule has 3 rings (SSSR count). The van der Waals surface area contributed by atoms with E-state index in [1.165, 1.54) is 5.12 Å². The number of amides is 1. The van der Waals surface area contributed by atoms with Crippen molar-refractivity contribution in [2.75, 3.05) is 24.8 Å². The Kier molecular flexibility index (Phi) is 6.68. The number of ether oxygens (including phenoxy) is 1. The number of nitrogens with one attached hydrogen (secondary N) is 1. The van der Waals surface area contributed by atoms with Crippen LogP contribution in [0.25, 0.3) is 0 Å². The average molecular weight is 437 g/mol. The highest BCUT2D eigenvalue weighted by Crippen LogP contribution is 2.28. The maximum absolute atomic E-state index is 13.2. The minimum Gasteiger partial charge on any atom is -0.461 e. The number of halogens is 3. The molecule has 0 aliphatic carbocycles. The molecule has 2 aromatic rings. The van der Waals surface area contributed by atoms with Crippen LogP contribution in [0.5, 0.6) is 6.01 Å². The van der Waals surface area contributed by atoms with Gasteiger partial charge in [-0.05, 0) is 32.9 Å². The van der Waals surface area contributed by atoms with Crippen LogP contribution in [0.3, 0.4) is 0 Å². The summed E-state index contributed by atoms with van der Waals surface area (Å²) in [5, 5.41) is 5.61. The highest BCUT2D eigenvalue weighted by atomic mass is 19.4. The third-order valence-corrected chi connectivity index (χ3v) is 4.52. The summed E-state index contributed by atoms with van der Waals surface area (Å²) in [5.74, 6) is 0.106. The third-order valence-electron chi connectivity index (χ3n) is 4.52. The van der Waals surface area contributed by atoms with Crippen molar-refractivity contribution in [3.8, 4) is 6.01 Å². The van der Waals surface area contributed by atoms with Gasteiger partial charge >= 0.3 is 12.2 Å². The van der Waals surface area contributed by atoms with E-state index < -0.39 is 17.8 Å². The van der Waals surface area contributed by atoms with Gasteiger partial charge in [0.05, 0.1) is 23.7 Å². The van der Waals surface area contributed by atoms with Gasteiger partial charge in [0.1, 0.15) is 6.61 Å². The van der Waals surface area contributed by atoms with Crippen molar-refractivity contribution >= 4 is 17.9 Å². The number of nitrogens with zero attached hydrogens (tertiary/aromatic N) is 6. The minimum atomic E-state index is -4.52. The molecule has 9 nitrogen and oxygen atoms in total. The van der Waals surface area contributed by atoms with Gasteiger partial charge in [-0.1, -0.05) is 0 Å². The van der Waals surface area contributed by atoms with Gasteiger partial charge in [-0.3, -0.25) is 4.79 Å². The molecule has 0 saturated carbocycles. The molecule has 31 heavy (non-hydrogen) atoms. The summed E-state index contributed by atoms with van der Waals surface area (Å²) in [6, 6.07) is 2.82. The Hall–Kier alpha value is -3.28. The Morgan fingerprint density at radius 1 is 1.32 bits per heavy atom. The van der Waals surface area contributed by atoms with Crippen LogP contribution < -0.4 is 15.3 Å². The van der Waals surface area contributed by atoms with Gasteiger partial charge in [0.25, 0.3) is 5.91 Å². The van der Waals surface area contributed by atoms with Crippen molar-refractivity contribution in [1.82, 2.24) is 25.3 Å². The fourth-order valence-corrected chi connectivity index (χ4v) is 2.92. The smallest absolute Gasteiger partial charge is 0.419 e. The van der Waals surface area contributed by atoms with Crippen LogP contribution in [0.1, 0.15) is 35.5 Å². The molecule has 0 saturated heterocycles. The Morgan fingerprint density at radius 2 is 2.03 bits per heavy atom. The predicted molar refractivity (Wildman–Crippen MR) is 107 cm³/mol. The fraction of sp³-hybridized carbons (Fsp3) is 0.421. The predicted octanol–water partition coefficient (Wildman–Crippen LogP) is 2.44. The number of hydrazone groups is 1. The van der Waals surface area contributed by atoms with Gasteiger partial charge < -0.3 is 9.64 Å². The Labute approximate surface area is 176 Å². The molecule has 1 aliphatic heterocycles. The van der Waals surface area contributed by atoms with Crippen LogP contribution in [0.2, 0.25) is 0 Å². The SMILES string of the molecule is CCN(C(=O)c1ccc(C)nc1N1N=CCN1)[C@@H](C)COc1ncc(C(F)(F)F)cn1. The van der Waals surface area contributed by atoms with E-state index in [-0.39, 0.29) is 18.5 Å². The van der Waals surface area contributed by atoms with E-state index in [1.54, 1.807) is 30.2 Å². The second-order valence-electron chi connectivity index (χ2n) is 6.80. The maximum Gasteiger partial charge on any atom is 0.419 e. The summed E-state index contributed by atoms with van der Waals surface area (Å²) in [4.78, 5) is 26.4. The zero-order valence-corrected chi connectivity index (χ0v) is 17.2. The summed E-state index contributed by atoms with van der Waals surface area (Å²) in [6.07, 6.45) is -1.55. The van der Waals surface area contributed by atoms with E-state index >= 15 is 0 Å². The van der Waals surface area contributed by atoms with Gasteiger partial charge in [-0.15, -0.1) is 0 Å². The number of hydrogen-bond donors (Lipinski definition) is 1. The van der Waals surface area contributed by atoms with E-state index in [9.17, 15) is 18.0 Å². The second kappa shape index (κ2) is 9.25.